The Labute approximate surface area is 185 Å². The van der Waals surface area contributed by atoms with Crippen LogP contribution in [0.5, 0.6) is 5.75 Å². The van der Waals surface area contributed by atoms with E-state index in [1.807, 2.05) is 0 Å². The average Bonchev–Trinajstić information content (AvgIpc) is 3.04. The first-order chi connectivity index (χ1) is 15.0. The van der Waals surface area contributed by atoms with Gasteiger partial charge < -0.3 is 19.3 Å². The SMILES string of the molecule is COc1ccc2c(c1)c(CC(=O)OCCOCCO)c(C)n2C(=O)c1ccc(Cl)cc1. The van der Waals surface area contributed by atoms with Crippen molar-refractivity contribution in [1.29, 1.82) is 0 Å². The fourth-order valence-electron chi connectivity index (χ4n) is 3.37. The maximum atomic E-state index is 13.3. The third kappa shape index (κ3) is 5.25. The van der Waals surface area contributed by atoms with E-state index in [4.69, 9.17) is 30.9 Å². The molecule has 0 radical (unpaired) electrons. The molecule has 31 heavy (non-hydrogen) atoms. The molecule has 3 aromatic rings. The fourth-order valence-corrected chi connectivity index (χ4v) is 3.50. The quantitative estimate of drug-likeness (QED) is 0.401. The van der Waals surface area contributed by atoms with Crippen LogP contribution in [0.1, 0.15) is 21.6 Å². The number of aromatic nitrogens is 1. The van der Waals surface area contributed by atoms with Gasteiger partial charge in [-0.2, -0.15) is 0 Å². The molecule has 0 saturated heterocycles. The van der Waals surface area contributed by atoms with Gasteiger partial charge in [-0.15, -0.1) is 0 Å². The zero-order valence-electron chi connectivity index (χ0n) is 17.4. The molecule has 0 saturated carbocycles. The predicted octanol–water partition coefficient (Wildman–Crippen LogP) is 3.39. The Morgan fingerprint density at radius 1 is 1.06 bits per heavy atom. The van der Waals surface area contributed by atoms with Crippen molar-refractivity contribution in [3.63, 3.8) is 0 Å². The van der Waals surface area contributed by atoms with Gasteiger partial charge in [0.1, 0.15) is 12.4 Å². The molecular formula is C23H24ClNO6. The molecule has 7 nitrogen and oxygen atoms in total. The van der Waals surface area contributed by atoms with Crippen molar-refractivity contribution < 1.29 is 28.9 Å². The number of ether oxygens (including phenoxy) is 3. The zero-order valence-corrected chi connectivity index (χ0v) is 18.1. The van der Waals surface area contributed by atoms with Crippen LogP contribution >= 0.6 is 11.6 Å². The van der Waals surface area contributed by atoms with Crippen LogP contribution in [0.15, 0.2) is 42.5 Å². The Hall–Kier alpha value is -2.87. The number of hydrogen-bond acceptors (Lipinski definition) is 6. The number of carbonyl (C=O) groups excluding carboxylic acids is 2. The van der Waals surface area contributed by atoms with Crippen molar-refractivity contribution in [3.8, 4) is 5.75 Å². The van der Waals surface area contributed by atoms with Crippen molar-refractivity contribution in [1.82, 2.24) is 4.57 Å². The summed E-state index contributed by atoms with van der Waals surface area (Å²) in [5.41, 5.74) is 2.50. The van der Waals surface area contributed by atoms with Gasteiger partial charge in [-0.05, 0) is 55.0 Å². The van der Waals surface area contributed by atoms with Gasteiger partial charge in [0.05, 0.1) is 38.9 Å². The Bertz CT molecular complexity index is 1070. The van der Waals surface area contributed by atoms with Crippen LogP contribution in [0.4, 0.5) is 0 Å². The molecule has 0 amide bonds. The molecule has 0 aliphatic rings. The van der Waals surface area contributed by atoms with E-state index in [-0.39, 0.29) is 38.8 Å². The number of methoxy groups -OCH3 is 1. The first-order valence-corrected chi connectivity index (χ1v) is 10.2. The second-order valence-electron chi connectivity index (χ2n) is 6.83. The highest BCUT2D eigenvalue weighted by Crippen LogP contribution is 2.31. The largest absolute Gasteiger partial charge is 0.497 e. The molecule has 0 unspecified atom stereocenters. The molecule has 0 atom stereocenters. The first-order valence-electron chi connectivity index (χ1n) is 9.78. The lowest BCUT2D eigenvalue weighted by molar-refractivity contribution is -0.144. The topological polar surface area (TPSA) is 87.0 Å². The summed E-state index contributed by atoms with van der Waals surface area (Å²) in [7, 11) is 1.56. The van der Waals surface area contributed by atoms with E-state index < -0.39 is 5.97 Å². The highest BCUT2D eigenvalue weighted by molar-refractivity contribution is 6.30. The van der Waals surface area contributed by atoms with E-state index in [9.17, 15) is 9.59 Å². The predicted molar refractivity (Wildman–Crippen MR) is 117 cm³/mol. The number of halogens is 1. The number of aliphatic hydroxyl groups is 1. The van der Waals surface area contributed by atoms with E-state index in [0.29, 0.717) is 33.1 Å². The maximum absolute atomic E-state index is 13.3. The summed E-state index contributed by atoms with van der Waals surface area (Å²) >= 11 is 5.95. The molecule has 0 bridgehead atoms. The molecule has 1 N–H and O–H groups in total. The summed E-state index contributed by atoms with van der Waals surface area (Å²) < 4.78 is 17.3. The van der Waals surface area contributed by atoms with Crippen molar-refractivity contribution in [2.24, 2.45) is 0 Å². The maximum Gasteiger partial charge on any atom is 0.310 e. The summed E-state index contributed by atoms with van der Waals surface area (Å²) in [5, 5.41) is 9.99. The molecule has 0 aliphatic carbocycles. The van der Waals surface area contributed by atoms with E-state index in [1.165, 1.54) is 0 Å². The second-order valence-corrected chi connectivity index (χ2v) is 7.26. The molecule has 0 aliphatic heterocycles. The van der Waals surface area contributed by atoms with Crippen LogP contribution in [-0.2, 0) is 20.7 Å². The lowest BCUT2D eigenvalue weighted by atomic mass is 10.1. The molecule has 8 heteroatoms. The van der Waals surface area contributed by atoms with Gasteiger partial charge in [-0.3, -0.25) is 14.2 Å². The summed E-state index contributed by atoms with van der Waals surface area (Å²) in [4.78, 5) is 25.7. The van der Waals surface area contributed by atoms with Crippen LogP contribution in [0.3, 0.4) is 0 Å². The minimum absolute atomic E-state index is 0.00357. The van der Waals surface area contributed by atoms with E-state index >= 15 is 0 Å². The Kier molecular flexibility index (Phi) is 7.68. The molecule has 2 aromatic carbocycles. The lowest BCUT2D eigenvalue weighted by Gasteiger charge is -2.08. The smallest absolute Gasteiger partial charge is 0.310 e. The van der Waals surface area contributed by atoms with Gasteiger partial charge in [-0.25, -0.2) is 0 Å². The number of esters is 1. The summed E-state index contributed by atoms with van der Waals surface area (Å²) in [6, 6.07) is 12.0. The molecule has 3 rings (SSSR count). The van der Waals surface area contributed by atoms with Crippen LogP contribution < -0.4 is 4.74 Å². The van der Waals surface area contributed by atoms with Crippen LogP contribution in [-0.4, -0.2) is 55.1 Å². The van der Waals surface area contributed by atoms with Gasteiger partial charge in [0.15, 0.2) is 0 Å². The van der Waals surface area contributed by atoms with Gasteiger partial charge >= 0.3 is 5.97 Å². The number of hydrogen-bond donors (Lipinski definition) is 1. The number of aliphatic hydroxyl groups excluding tert-OH is 1. The van der Waals surface area contributed by atoms with Crippen LogP contribution in [0.25, 0.3) is 10.9 Å². The summed E-state index contributed by atoms with van der Waals surface area (Å²) in [5.74, 6) is -0.0338. The number of carbonyl (C=O) groups is 2. The minimum atomic E-state index is -0.434. The number of fused-ring (bicyclic) bond motifs is 1. The van der Waals surface area contributed by atoms with Gasteiger partial charge in [-0.1, -0.05) is 11.6 Å². The zero-order chi connectivity index (χ0) is 22.4. The van der Waals surface area contributed by atoms with Crippen molar-refractivity contribution >= 4 is 34.4 Å². The minimum Gasteiger partial charge on any atom is -0.497 e. The third-order valence-electron chi connectivity index (χ3n) is 4.88. The number of rotatable bonds is 9. The van der Waals surface area contributed by atoms with E-state index in [0.717, 1.165) is 5.39 Å². The van der Waals surface area contributed by atoms with E-state index in [1.54, 1.807) is 61.1 Å². The first kappa shape index (κ1) is 22.8. The Balaban J connectivity index is 1.93. The highest BCUT2D eigenvalue weighted by atomic mass is 35.5. The molecule has 0 spiro atoms. The lowest BCUT2D eigenvalue weighted by Crippen LogP contribution is -2.16. The highest BCUT2D eigenvalue weighted by Gasteiger charge is 2.22. The molecule has 1 heterocycles. The molecular weight excluding hydrogens is 422 g/mol. The number of benzene rings is 2. The summed E-state index contributed by atoms with van der Waals surface area (Å²) in [6.45, 7) is 2.19. The monoisotopic (exact) mass is 445 g/mol. The Morgan fingerprint density at radius 2 is 1.81 bits per heavy atom. The standard InChI is InChI=1S/C23H24ClNO6/c1-15-19(14-22(27)31-12-11-30-10-9-26)20-13-18(29-2)7-8-21(20)25(15)23(28)16-3-5-17(24)6-4-16/h3-8,13,26H,9-12,14H2,1-2H3. The van der Waals surface area contributed by atoms with Crippen molar-refractivity contribution in [3.05, 3.63) is 64.3 Å². The molecule has 1 aromatic heterocycles. The number of nitrogens with zero attached hydrogens (tertiary/aromatic N) is 1. The third-order valence-corrected chi connectivity index (χ3v) is 5.14. The summed E-state index contributed by atoms with van der Waals surface area (Å²) in [6.07, 6.45) is -0.00357. The van der Waals surface area contributed by atoms with E-state index in [2.05, 4.69) is 0 Å². The van der Waals surface area contributed by atoms with Crippen LogP contribution in [0, 0.1) is 6.92 Å². The second kappa shape index (κ2) is 10.4. The average molecular weight is 446 g/mol. The van der Waals surface area contributed by atoms with Gasteiger partial charge in [0.2, 0.25) is 0 Å². The van der Waals surface area contributed by atoms with Crippen molar-refractivity contribution in [2.75, 3.05) is 33.5 Å². The van der Waals surface area contributed by atoms with Gasteiger partial charge in [0, 0.05) is 21.7 Å². The fraction of sp³-hybridized carbons (Fsp3) is 0.304. The van der Waals surface area contributed by atoms with Gasteiger partial charge in [0.25, 0.3) is 5.91 Å². The Morgan fingerprint density at radius 3 is 2.48 bits per heavy atom. The van der Waals surface area contributed by atoms with Crippen molar-refractivity contribution in [2.45, 2.75) is 13.3 Å². The molecule has 0 fully saturated rings. The molecule has 164 valence electrons. The normalized spacial score (nSPS) is 11.0. The van der Waals surface area contributed by atoms with Crippen LogP contribution in [0.2, 0.25) is 5.02 Å².